The molecule has 0 aliphatic rings. The highest BCUT2D eigenvalue weighted by atomic mass is 32.2. The van der Waals surface area contributed by atoms with Crippen molar-refractivity contribution in [2.75, 3.05) is 17.7 Å². The number of benzene rings is 2. The lowest BCUT2D eigenvalue weighted by molar-refractivity contribution is -0.113. The van der Waals surface area contributed by atoms with Crippen LogP contribution in [-0.4, -0.2) is 44.4 Å². The second kappa shape index (κ2) is 9.14. The fourth-order valence-electron chi connectivity index (χ4n) is 2.52. The van der Waals surface area contributed by atoms with Crippen molar-refractivity contribution in [3.63, 3.8) is 0 Å². The monoisotopic (exact) mass is 397 g/mol. The van der Waals surface area contributed by atoms with Crippen LogP contribution < -0.4 is 5.32 Å². The number of aromatic nitrogens is 4. The fraction of sp³-hybridized carbons (Fsp3) is 0.211. The van der Waals surface area contributed by atoms with E-state index >= 15 is 0 Å². The van der Waals surface area contributed by atoms with E-state index in [4.69, 9.17) is 4.74 Å². The number of ether oxygens (including phenoxy) is 1. The van der Waals surface area contributed by atoms with Crippen LogP contribution in [0, 0.1) is 6.92 Å². The maximum absolute atomic E-state index is 12.4. The molecule has 0 saturated heterocycles. The first kappa shape index (κ1) is 19.6. The summed E-state index contributed by atoms with van der Waals surface area (Å²) in [5, 5.41) is 15.0. The molecule has 0 unspecified atom stereocenters. The molecular weight excluding hydrogens is 378 g/mol. The zero-order valence-electron chi connectivity index (χ0n) is 15.5. The highest BCUT2D eigenvalue weighted by Crippen LogP contribution is 2.21. The Balaban J connectivity index is 1.68. The Morgan fingerprint density at radius 1 is 1.14 bits per heavy atom. The van der Waals surface area contributed by atoms with Crippen LogP contribution in [0.4, 0.5) is 5.69 Å². The van der Waals surface area contributed by atoms with Gasteiger partial charge in [0, 0.05) is 0 Å². The van der Waals surface area contributed by atoms with Gasteiger partial charge in [0.05, 0.1) is 29.3 Å². The van der Waals surface area contributed by atoms with Crippen LogP contribution in [0.15, 0.2) is 53.7 Å². The van der Waals surface area contributed by atoms with Gasteiger partial charge in [0.25, 0.3) is 0 Å². The van der Waals surface area contributed by atoms with E-state index in [2.05, 4.69) is 20.8 Å². The average molecular weight is 397 g/mol. The molecule has 1 heterocycles. The third kappa shape index (κ3) is 4.55. The van der Waals surface area contributed by atoms with Gasteiger partial charge in [-0.1, -0.05) is 42.1 Å². The minimum Gasteiger partial charge on any atom is -0.462 e. The van der Waals surface area contributed by atoms with Crippen LogP contribution in [0.1, 0.15) is 22.8 Å². The summed E-state index contributed by atoms with van der Waals surface area (Å²) in [6.07, 6.45) is 0. The lowest BCUT2D eigenvalue weighted by Gasteiger charge is -2.10. The Morgan fingerprint density at radius 3 is 2.68 bits per heavy atom. The summed E-state index contributed by atoms with van der Waals surface area (Å²) in [6, 6.07) is 14.4. The van der Waals surface area contributed by atoms with Crippen LogP contribution >= 0.6 is 11.8 Å². The van der Waals surface area contributed by atoms with Gasteiger partial charge in [-0.05, 0) is 48.0 Å². The van der Waals surface area contributed by atoms with E-state index in [9.17, 15) is 9.59 Å². The van der Waals surface area contributed by atoms with Gasteiger partial charge in [0.15, 0.2) is 0 Å². The van der Waals surface area contributed by atoms with E-state index in [1.165, 1.54) is 11.8 Å². The van der Waals surface area contributed by atoms with Crippen molar-refractivity contribution in [3.05, 3.63) is 59.7 Å². The maximum Gasteiger partial charge on any atom is 0.340 e. The number of nitrogens with zero attached hydrogens (tertiary/aromatic N) is 4. The lowest BCUT2D eigenvalue weighted by atomic mass is 10.2. The number of esters is 1. The van der Waals surface area contributed by atoms with Crippen molar-refractivity contribution in [2.24, 2.45) is 0 Å². The van der Waals surface area contributed by atoms with Crippen LogP contribution in [-0.2, 0) is 9.53 Å². The van der Waals surface area contributed by atoms with Crippen molar-refractivity contribution in [1.29, 1.82) is 0 Å². The van der Waals surface area contributed by atoms with Gasteiger partial charge < -0.3 is 10.1 Å². The van der Waals surface area contributed by atoms with E-state index in [1.807, 2.05) is 31.2 Å². The molecule has 2 aromatic carbocycles. The average Bonchev–Trinajstić information content (AvgIpc) is 3.16. The molecule has 0 aliphatic heterocycles. The molecule has 0 saturated carbocycles. The largest absolute Gasteiger partial charge is 0.462 e. The standard InChI is InChI=1S/C19H19N5O3S/c1-3-27-18(26)14-9-5-6-10-15(14)20-17(25)12-28-19-21-22-23-24(19)16-11-7-4-8-13(16)2/h4-11H,3,12H2,1-2H3,(H,20,25). The SMILES string of the molecule is CCOC(=O)c1ccccc1NC(=O)CSc1nnnn1-c1ccccc1C. The summed E-state index contributed by atoms with van der Waals surface area (Å²) in [5.41, 5.74) is 2.59. The first-order valence-corrected chi connectivity index (χ1v) is 9.62. The van der Waals surface area contributed by atoms with Crippen LogP contribution in [0.5, 0.6) is 0 Å². The number of thioether (sulfide) groups is 1. The molecular formula is C19H19N5O3S. The van der Waals surface area contributed by atoms with Crippen molar-refractivity contribution in [3.8, 4) is 5.69 Å². The van der Waals surface area contributed by atoms with Gasteiger partial charge in [-0.15, -0.1) is 5.10 Å². The second-order valence-corrected chi connectivity index (χ2v) is 6.71. The van der Waals surface area contributed by atoms with Gasteiger partial charge in [-0.25, -0.2) is 4.79 Å². The Labute approximate surface area is 166 Å². The third-order valence-electron chi connectivity index (χ3n) is 3.81. The predicted octanol–water partition coefficient (Wildman–Crippen LogP) is 2.88. The molecule has 3 rings (SSSR count). The topological polar surface area (TPSA) is 99.0 Å². The Hall–Kier alpha value is -3.20. The minimum atomic E-state index is -0.477. The van der Waals surface area contributed by atoms with E-state index < -0.39 is 5.97 Å². The smallest absolute Gasteiger partial charge is 0.340 e. The Kier molecular flexibility index (Phi) is 6.38. The summed E-state index contributed by atoms with van der Waals surface area (Å²) < 4.78 is 6.62. The number of rotatable bonds is 7. The first-order valence-electron chi connectivity index (χ1n) is 8.63. The summed E-state index contributed by atoms with van der Waals surface area (Å²) in [7, 11) is 0. The number of hydrogen-bond donors (Lipinski definition) is 1. The summed E-state index contributed by atoms with van der Waals surface area (Å²) in [6.45, 7) is 3.96. The van der Waals surface area contributed by atoms with Crippen LogP contribution in [0.25, 0.3) is 5.69 Å². The fourth-order valence-corrected chi connectivity index (χ4v) is 3.20. The van der Waals surface area contributed by atoms with Crippen molar-refractivity contribution >= 4 is 29.3 Å². The van der Waals surface area contributed by atoms with Crippen LogP contribution in [0.2, 0.25) is 0 Å². The number of tetrazole rings is 1. The Morgan fingerprint density at radius 2 is 1.89 bits per heavy atom. The van der Waals surface area contributed by atoms with Gasteiger partial charge in [0.2, 0.25) is 11.1 Å². The summed E-state index contributed by atoms with van der Waals surface area (Å²) >= 11 is 1.21. The normalized spacial score (nSPS) is 10.5. The molecule has 0 radical (unpaired) electrons. The molecule has 9 heteroatoms. The molecule has 1 aromatic heterocycles. The third-order valence-corrected chi connectivity index (χ3v) is 4.73. The van der Waals surface area contributed by atoms with Crippen molar-refractivity contribution in [2.45, 2.75) is 19.0 Å². The zero-order valence-corrected chi connectivity index (χ0v) is 16.3. The van der Waals surface area contributed by atoms with Crippen LogP contribution in [0.3, 0.4) is 0 Å². The highest BCUT2D eigenvalue weighted by molar-refractivity contribution is 7.99. The molecule has 3 aromatic rings. The summed E-state index contributed by atoms with van der Waals surface area (Å²) in [5.74, 6) is -0.667. The molecule has 0 spiro atoms. The molecule has 28 heavy (non-hydrogen) atoms. The van der Waals surface area contributed by atoms with E-state index in [-0.39, 0.29) is 18.3 Å². The van der Waals surface area contributed by atoms with E-state index in [0.717, 1.165) is 11.3 Å². The molecule has 8 nitrogen and oxygen atoms in total. The zero-order chi connectivity index (χ0) is 19.9. The first-order chi connectivity index (χ1) is 13.6. The highest BCUT2D eigenvalue weighted by Gasteiger charge is 2.16. The molecule has 0 atom stereocenters. The number of anilines is 1. The quantitative estimate of drug-likeness (QED) is 0.483. The predicted molar refractivity (Wildman–Crippen MR) is 106 cm³/mol. The minimum absolute atomic E-state index is 0.0867. The van der Waals surface area contributed by atoms with Gasteiger partial charge in [-0.2, -0.15) is 4.68 Å². The van der Waals surface area contributed by atoms with Gasteiger partial charge >= 0.3 is 5.97 Å². The molecule has 0 aliphatic carbocycles. The Bertz CT molecular complexity index is 989. The molecule has 144 valence electrons. The van der Waals surface area contributed by atoms with Gasteiger partial charge in [-0.3, -0.25) is 4.79 Å². The summed E-state index contributed by atoms with van der Waals surface area (Å²) in [4.78, 5) is 24.4. The number of nitrogens with one attached hydrogen (secondary N) is 1. The number of aryl methyl sites for hydroxylation is 1. The molecule has 0 fully saturated rings. The molecule has 1 amide bonds. The van der Waals surface area contributed by atoms with E-state index in [0.29, 0.717) is 16.4 Å². The second-order valence-electron chi connectivity index (χ2n) is 5.76. The number of para-hydroxylation sites is 2. The van der Waals surface area contributed by atoms with E-state index in [1.54, 1.807) is 35.9 Å². The number of carbonyl (C=O) groups excluding carboxylic acids is 2. The lowest BCUT2D eigenvalue weighted by Crippen LogP contribution is -2.17. The van der Waals surface area contributed by atoms with Crippen molar-refractivity contribution < 1.29 is 14.3 Å². The van der Waals surface area contributed by atoms with Crippen molar-refractivity contribution in [1.82, 2.24) is 20.2 Å². The molecule has 1 N–H and O–H groups in total. The number of amides is 1. The number of carbonyl (C=O) groups is 2. The maximum atomic E-state index is 12.4. The van der Waals surface area contributed by atoms with Gasteiger partial charge in [0.1, 0.15) is 0 Å². The molecule has 0 bridgehead atoms. The number of hydrogen-bond acceptors (Lipinski definition) is 7.